The van der Waals surface area contributed by atoms with Crippen LogP contribution in [0.1, 0.15) is 57.7 Å². The van der Waals surface area contributed by atoms with Crippen molar-refractivity contribution in [1.82, 2.24) is 20.5 Å². The van der Waals surface area contributed by atoms with Crippen molar-refractivity contribution in [3.63, 3.8) is 0 Å². The van der Waals surface area contributed by atoms with Gasteiger partial charge in [0.25, 0.3) is 11.8 Å². The number of hydrogen-bond acceptors (Lipinski definition) is 6. The fourth-order valence-corrected chi connectivity index (χ4v) is 6.35. The first-order chi connectivity index (χ1) is 21.6. The van der Waals surface area contributed by atoms with E-state index in [-0.39, 0.29) is 41.0 Å². The van der Waals surface area contributed by atoms with E-state index in [2.05, 4.69) is 15.6 Å². The molecule has 0 saturated carbocycles. The topological polar surface area (TPSA) is 141 Å². The van der Waals surface area contributed by atoms with Gasteiger partial charge in [0.2, 0.25) is 11.8 Å². The molecule has 4 aromatic rings. The fraction of sp³-hybridized carbons (Fsp3) is 0.242. The number of amides is 3. The Hall–Kier alpha value is -4.97. The van der Waals surface area contributed by atoms with Crippen LogP contribution in [-0.2, 0) is 15.5 Å². The number of thiophene rings is 1. The Morgan fingerprint density at radius 3 is 2.44 bits per heavy atom. The van der Waals surface area contributed by atoms with Gasteiger partial charge >= 0.3 is 0 Å². The first-order valence-electron chi connectivity index (χ1n) is 14.4. The quantitative estimate of drug-likeness (QED) is 0.171. The van der Waals surface area contributed by atoms with Gasteiger partial charge in [0.15, 0.2) is 0 Å². The van der Waals surface area contributed by atoms with Crippen LogP contribution in [0.25, 0.3) is 11.1 Å². The zero-order chi connectivity index (χ0) is 32.1. The molecule has 232 valence electrons. The fourth-order valence-electron chi connectivity index (χ4n) is 5.43. The highest BCUT2D eigenvalue weighted by atomic mass is 32.1. The molecule has 3 amide bonds. The minimum absolute atomic E-state index is 0.0479. The summed E-state index contributed by atoms with van der Waals surface area (Å²) in [7, 11) is 0. The average Bonchev–Trinajstić information content (AvgIpc) is 3.79. The van der Waals surface area contributed by atoms with Gasteiger partial charge in [0, 0.05) is 51.4 Å². The Bertz CT molecular complexity index is 1700. The Balaban J connectivity index is 0.000000598. The second-order valence-corrected chi connectivity index (χ2v) is 11.7. The van der Waals surface area contributed by atoms with Crippen molar-refractivity contribution in [2.45, 2.75) is 37.8 Å². The summed E-state index contributed by atoms with van der Waals surface area (Å²) in [5.41, 5.74) is 6.69. The molecule has 2 aliphatic rings. The van der Waals surface area contributed by atoms with Crippen molar-refractivity contribution in [2.24, 2.45) is 5.73 Å². The second-order valence-electron chi connectivity index (χ2n) is 10.7. The zero-order valence-corrected chi connectivity index (χ0v) is 25.2. The first-order valence-corrected chi connectivity index (χ1v) is 15.2. The Morgan fingerprint density at radius 2 is 1.78 bits per heavy atom. The molecule has 5 N–H and O–H groups in total. The highest BCUT2D eigenvalue weighted by molar-refractivity contribution is 7.10. The summed E-state index contributed by atoms with van der Waals surface area (Å²) in [5, 5.41) is 14.8. The van der Waals surface area contributed by atoms with E-state index in [1.54, 1.807) is 42.0 Å². The van der Waals surface area contributed by atoms with Gasteiger partial charge in [-0.15, -0.1) is 11.3 Å². The van der Waals surface area contributed by atoms with Crippen LogP contribution < -0.4 is 16.4 Å². The molecule has 1 fully saturated rings. The molecule has 1 aliphatic carbocycles. The number of fused-ring (bicyclic) bond motifs is 3. The van der Waals surface area contributed by atoms with Crippen molar-refractivity contribution >= 4 is 34.9 Å². The number of nitrogens with two attached hydrogens (primary N) is 1. The number of carbonyl (C=O) groups excluding carboxylic acids is 3. The van der Waals surface area contributed by atoms with Gasteiger partial charge in [-0.25, -0.2) is 0 Å². The lowest BCUT2D eigenvalue weighted by Gasteiger charge is -2.25. The van der Waals surface area contributed by atoms with E-state index >= 15 is 0 Å². The number of hydrogen-bond donors (Lipinski definition) is 4. The summed E-state index contributed by atoms with van der Waals surface area (Å²) in [4.78, 5) is 44.9. The highest BCUT2D eigenvalue weighted by Crippen LogP contribution is 2.50. The van der Waals surface area contributed by atoms with E-state index < -0.39 is 23.8 Å². The number of benzene rings is 2. The molecule has 1 aliphatic heterocycles. The highest BCUT2D eigenvalue weighted by Gasteiger charge is 2.44. The molecule has 45 heavy (non-hydrogen) atoms. The minimum Gasteiger partial charge on any atom is -0.384 e. The normalized spacial score (nSPS) is 16.4. The van der Waals surface area contributed by atoms with Crippen molar-refractivity contribution in [3.8, 4) is 11.1 Å². The van der Waals surface area contributed by atoms with Crippen LogP contribution in [0.3, 0.4) is 0 Å². The summed E-state index contributed by atoms with van der Waals surface area (Å²) >= 11 is 1.39. The molecule has 0 bridgehead atoms. The molecule has 2 aromatic carbocycles. The standard InChI is InChI=1S/C28H27F2N5O3S.C5H5N/c1-15(23-12-17(14-39-23)25(31)32)34-27(38)22-7-4-10-35(22)24(36)13-33-26(37)16-8-9-21-19(11-16)18-5-2-3-6-20(18)28(21,29)30;1-2-4-6-5-3-1/h2-3,5-6,8-9,11-12,14-15,22H,4,7,10,13H2,1H3,(H3,31,32)(H,33,37)(H,34,38);1-5H/t15-,22?;/m1./s1. The summed E-state index contributed by atoms with van der Waals surface area (Å²) in [6.07, 6.45) is 4.65. The van der Waals surface area contributed by atoms with Gasteiger partial charge in [-0.3, -0.25) is 24.8 Å². The van der Waals surface area contributed by atoms with Gasteiger partial charge in [0.1, 0.15) is 11.9 Å². The number of likely N-dealkylation sites (tertiary alicyclic amines) is 1. The maximum atomic E-state index is 14.8. The van der Waals surface area contributed by atoms with Crippen molar-refractivity contribution in [2.75, 3.05) is 13.1 Å². The largest absolute Gasteiger partial charge is 0.384 e. The lowest BCUT2D eigenvalue weighted by molar-refractivity contribution is -0.137. The third-order valence-corrected chi connectivity index (χ3v) is 8.85. The van der Waals surface area contributed by atoms with Crippen molar-refractivity contribution in [1.29, 1.82) is 5.41 Å². The minimum atomic E-state index is -3.14. The van der Waals surface area contributed by atoms with Crippen molar-refractivity contribution < 1.29 is 23.2 Å². The van der Waals surface area contributed by atoms with E-state index in [0.29, 0.717) is 36.1 Å². The summed E-state index contributed by atoms with van der Waals surface area (Å²) in [6.45, 7) is 1.88. The van der Waals surface area contributed by atoms with Gasteiger partial charge < -0.3 is 21.3 Å². The smallest absolute Gasteiger partial charge is 0.299 e. The van der Waals surface area contributed by atoms with Crippen LogP contribution in [0.4, 0.5) is 8.78 Å². The van der Waals surface area contributed by atoms with Gasteiger partial charge in [-0.2, -0.15) is 8.78 Å². The summed E-state index contributed by atoms with van der Waals surface area (Å²) < 4.78 is 29.6. The Morgan fingerprint density at radius 1 is 1.04 bits per heavy atom. The molecule has 0 radical (unpaired) electrons. The monoisotopic (exact) mass is 630 g/mol. The molecule has 9 nitrogen and oxygen atoms in total. The number of pyridine rings is 1. The van der Waals surface area contributed by atoms with Gasteiger partial charge in [-0.1, -0.05) is 36.4 Å². The van der Waals surface area contributed by atoms with Crippen LogP contribution in [-0.4, -0.2) is 52.6 Å². The SMILES string of the molecule is C[C@@H](NC(=O)C1CCCN1C(=O)CNC(=O)c1ccc2c(c1)-c1ccccc1C2(F)F)c1cc(C(=N)N)cs1.c1ccncc1. The maximum Gasteiger partial charge on any atom is 0.299 e. The predicted molar refractivity (Wildman–Crippen MR) is 168 cm³/mol. The second kappa shape index (κ2) is 13.3. The number of carbonyl (C=O) groups is 3. The predicted octanol–water partition coefficient (Wildman–Crippen LogP) is 4.83. The van der Waals surface area contributed by atoms with E-state index in [0.717, 1.165) is 4.88 Å². The van der Waals surface area contributed by atoms with Crippen LogP contribution in [0.15, 0.2) is 84.5 Å². The van der Waals surface area contributed by atoms with E-state index in [9.17, 15) is 23.2 Å². The number of halogens is 2. The summed E-state index contributed by atoms with van der Waals surface area (Å²) in [6, 6.07) is 16.7. The number of nitrogens with zero attached hydrogens (tertiary/aromatic N) is 2. The van der Waals surface area contributed by atoms with Crippen LogP contribution in [0.5, 0.6) is 0 Å². The van der Waals surface area contributed by atoms with Gasteiger partial charge in [0.05, 0.1) is 12.6 Å². The van der Waals surface area contributed by atoms with Crippen LogP contribution >= 0.6 is 11.3 Å². The molecule has 1 unspecified atom stereocenters. The van der Waals surface area contributed by atoms with Crippen molar-refractivity contribution in [3.05, 3.63) is 112 Å². The molecule has 2 atom stereocenters. The molecule has 3 heterocycles. The number of amidine groups is 1. The summed E-state index contributed by atoms with van der Waals surface area (Å²) in [5.74, 6) is -4.45. The number of rotatable bonds is 7. The molecule has 6 rings (SSSR count). The lowest BCUT2D eigenvalue weighted by Crippen LogP contribution is -2.49. The number of nitrogens with one attached hydrogen (secondary N) is 3. The molecule has 2 aromatic heterocycles. The molecule has 12 heteroatoms. The molecule has 0 spiro atoms. The van der Waals surface area contributed by atoms with Crippen LogP contribution in [0.2, 0.25) is 0 Å². The molecular formula is C33H32F2N6O3S. The van der Waals surface area contributed by atoms with Crippen LogP contribution in [0, 0.1) is 5.41 Å². The number of aromatic nitrogens is 1. The van der Waals surface area contributed by atoms with E-state index in [1.807, 2.05) is 25.1 Å². The number of alkyl halides is 2. The first kappa shape index (κ1) is 31.5. The molecular weight excluding hydrogens is 598 g/mol. The Labute approximate surface area is 263 Å². The Kier molecular flexibility index (Phi) is 9.33. The lowest BCUT2D eigenvalue weighted by atomic mass is 10.0. The molecule has 1 saturated heterocycles. The zero-order valence-electron chi connectivity index (χ0n) is 24.4. The maximum absolute atomic E-state index is 14.8. The van der Waals surface area contributed by atoms with E-state index in [1.165, 1.54) is 40.5 Å². The van der Waals surface area contributed by atoms with E-state index in [4.69, 9.17) is 11.1 Å². The third kappa shape index (κ3) is 6.75. The van der Waals surface area contributed by atoms with Gasteiger partial charge in [-0.05, 0) is 61.2 Å². The average molecular weight is 631 g/mol. The number of nitrogen functional groups attached to an aromatic ring is 1. The third-order valence-electron chi connectivity index (χ3n) is 7.73.